The lowest BCUT2D eigenvalue weighted by molar-refractivity contribution is 0.175. The highest BCUT2D eigenvalue weighted by atomic mass is 32.1. The molecular formula is C16H19N3O2S. The highest BCUT2D eigenvalue weighted by Crippen LogP contribution is 2.33. The van der Waals surface area contributed by atoms with Gasteiger partial charge in [-0.3, -0.25) is 4.79 Å². The molecular weight excluding hydrogens is 298 g/mol. The number of rotatable bonds is 5. The molecule has 0 amide bonds. The van der Waals surface area contributed by atoms with E-state index in [4.69, 9.17) is 0 Å². The summed E-state index contributed by atoms with van der Waals surface area (Å²) in [4.78, 5) is 14.0. The Balaban J connectivity index is 2.26. The molecule has 0 aromatic carbocycles. The highest BCUT2D eigenvalue weighted by molar-refractivity contribution is 7.20. The summed E-state index contributed by atoms with van der Waals surface area (Å²) >= 11 is 1.68. The third kappa shape index (κ3) is 2.38. The molecule has 3 aromatic heterocycles. The van der Waals surface area contributed by atoms with Crippen LogP contribution in [0.15, 0.2) is 29.7 Å². The number of aryl methyl sites for hydroxylation is 2. The summed E-state index contributed by atoms with van der Waals surface area (Å²) in [6.07, 6.45) is 3.62. The van der Waals surface area contributed by atoms with Crippen molar-refractivity contribution >= 4 is 32.5 Å². The minimum atomic E-state index is -0.449. The Morgan fingerprint density at radius 2 is 2.32 bits per heavy atom. The maximum absolute atomic E-state index is 12.8. The van der Waals surface area contributed by atoms with E-state index in [1.807, 2.05) is 4.57 Å². The molecule has 0 aliphatic rings. The number of aromatic nitrogens is 3. The van der Waals surface area contributed by atoms with Crippen LogP contribution in [0.3, 0.4) is 0 Å². The Bertz CT molecular complexity index is 902. The van der Waals surface area contributed by atoms with Crippen LogP contribution in [0.5, 0.6) is 0 Å². The van der Waals surface area contributed by atoms with Gasteiger partial charge in [0, 0.05) is 23.4 Å². The first-order valence-electron chi connectivity index (χ1n) is 7.30. The van der Waals surface area contributed by atoms with E-state index in [2.05, 4.69) is 24.7 Å². The van der Waals surface area contributed by atoms with Crippen LogP contribution >= 0.6 is 11.3 Å². The van der Waals surface area contributed by atoms with E-state index < -0.39 is 6.10 Å². The summed E-state index contributed by atoms with van der Waals surface area (Å²) in [5, 5.41) is 14.6. The van der Waals surface area contributed by atoms with E-state index in [1.165, 1.54) is 9.56 Å². The van der Waals surface area contributed by atoms with Gasteiger partial charge in [0.2, 0.25) is 0 Å². The maximum atomic E-state index is 12.8. The fraction of sp³-hybridized carbons (Fsp3) is 0.375. The van der Waals surface area contributed by atoms with Crippen molar-refractivity contribution in [3.8, 4) is 0 Å². The Kier molecular flexibility index (Phi) is 3.88. The predicted octanol–water partition coefficient (Wildman–Crippen LogP) is 2.68. The van der Waals surface area contributed by atoms with Gasteiger partial charge < -0.3 is 9.67 Å². The van der Waals surface area contributed by atoms with Crippen LogP contribution in [0, 0.1) is 6.92 Å². The first kappa shape index (κ1) is 15.0. The van der Waals surface area contributed by atoms with Crippen molar-refractivity contribution in [3.63, 3.8) is 0 Å². The molecule has 0 saturated carbocycles. The molecule has 0 radical (unpaired) electrons. The van der Waals surface area contributed by atoms with Crippen LogP contribution in [0.1, 0.15) is 18.2 Å². The van der Waals surface area contributed by atoms with Crippen LogP contribution in [0.4, 0.5) is 0 Å². The monoisotopic (exact) mass is 317 g/mol. The van der Waals surface area contributed by atoms with Gasteiger partial charge in [0.25, 0.3) is 5.56 Å². The van der Waals surface area contributed by atoms with Gasteiger partial charge in [-0.15, -0.1) is 17.9 Å². The lowest BCUT2D eigenvalue weighted by Gasteiger charge is -2.08. The molecule has 1 N–H and O–H groups in total. The van der Waals surface area contributed by atoms with Crippen LogP contribution in [-0.2, 0) is 13.1 Å². The Labute approximate surface area is 132 Å². The smallest absolute Gasteiger partial charge is 0.291 e. The van der Waals surface area contributed by atoms with E-state index in [-0.39, 0.29) is 5.56 Å². The Morgan fingerprint density at radius 1 is 1.55 bits per heavy atom. The van der Waals surface area contributed by atoms with E-state index in [1.54, 1.807) is 30.5 Å². The molecule has 1 unspecified atom stereocenters. The van der Waals surface area contributed by atoms with Gasteiger partial charge in [-0.25, -0.2) is 4.68 Å². The second-order valence-electron chi connectivity index (χ2n) is 5.54. The normalized spacial score (nSPS) is 13.0. The number of aliphatic hydroxyl groups excluding tert-OH is 1. The molecule has 1 atom stereocenters. The maximum Gasteiger partial charge on any atom is 0.291 e. The average molecular weight is 317 g/mol. The zero-order chi connectivity index (χ0) is 15.9. The molecule has 0 fully saturated rings. The third-order valence-electron chi connectivity index (χ3n) is 3.73. The zero-order valence-corrected chi connectivity index (χ0v) is 13.6. The summed E-state index contributed by atoms with van der Waals surface area (Å²) in [7, 11) is 0. The van der Waals surface area contributed by atoms with Crippen LogP contribution in [0.2, 0.25) is 0 Å². The van der Waals surface area contributed by atoms with Gasteiger partial charge in [0.15, 0.2) is 0 Å². The first-order chi connectivity index (χ1) is 10.5. The molecule has 116 valence electrons. The van der Waals surface area contributed by atoms with Gasteiger partial charge in [-0.05, 0) is 26.3 Å². The molecule has 22 heavy (non-hydrogen) atoms. The van der Waals surface area contributed by atoms with Gasteiger partial charge in [-0.1, -0.05) is 6.08 Å². The standard InChI is InChI=1S/C16H19N3O2S/c1-4-6-18-13-8-11(3)22-15(13)12-9-17-19(7-5-10(2)20)16(21)14(12)18/h4,8-10,20H,1,5-7H2,2-3H3. The minimum Gasteiger partial charge on any atom is -0.393 e. The number of allylic oxidation sites excluding steroid dienone is 1. The van der Waals surface area contributed by atoms with Gasteiger partial charge in [0.1, 0.15) is 5.52 Å². The summed E-state index contributed by atoms with van der Waals surface area (Å²) < 4.78 is 4.54. The second-order valence-corrected chi connectivity index (χ2v) is 6.80. The van der Waals surface area contributed by atoms with Gasteiger partial charge in [-0.2, -0.15) is 5.10 Å². The summed E-state index contributed by atoms with van der Waals surface area (Å²) in [5.74, 6) is 0. The predicted molar refractivity (Wildman–Crippen MR) is 90.6 cm³/mol. The number of nitrogens with zero attached hydrogens (tertiary/aromatic N) is 3. The zero-order valence-electron chi connectivity index (χ0n) is 12.7. The van der Waals surface area contributed by atoms with E-state index in [9.17, 15) is 9.90 Å². The fourth-order valence-electron chi connectivity index (χ4n) is 2.71. The molecule has 3 rings (SSSR count). The minimum absolute atomic E-state index is 0.110. The summed E-state index contributed by atoms with van der Waals surface area (Å²) in [6.45, 7) is 8.57. The quantitative estimate of drug-likeness (QED) is 0.736. The highest BCUT2D eigenvalue weighted by Gasteiger charge is 2.17. The third-order valence-corrected chi connectivity index (χ3v) is 4.80. The molecule has 3 heterocycles. The number of aliphatic hydroxyl groups is 1. The molecule has 0 spiro atoms. The Hall–Kier alpha value is -1.92. The molecule has 6 heteroatoms. The van der Waals surface area contributed by atoms with Crippen LogP contribution in [-0.4, -0.2) is 25.6 Å². The average Bonchev–Trinajstić information content (AvgIpc) is 2.96. The van der Waals surface area contributed by atoms with E-state index in [0.29, 0.717) is 25.0 Å². The number of fused-ring (bicyclic) bond motifs is 3. The van der Waals surface area contributed by atoms with Crippen LogP contribution in [0.25, 0.3) is 21.1 Å². The summed E-state index contributed by atoms with van der Waals surface area (Å²) in [6, 6.07) is 2.10. The number of hydrogen-bond donors (Lipinski definition) is 1. The van der Waals surface area contributed by atoms with Crippen molar-refractivity contribution in [1.29, 1.82) is 0 Å². The second kappa shape index (κ2) is 5.70. The summed E-state index contributed by atoms with van der Waals surface area (Å²) in [5.41, 5.74) is 1.62. The molecule has 5 nitrogen and oxygen atoms in total. The lowest BCUT2D eigenvalue weighted by atomic mass is 10.3. The molecule has 0 aliphatic heterocycles. The molecule has 0 bridgehead atoms. The van der Waals surface area contributed by atoms with Crippen molar-refractivity contribution in [2.45, 2.75) is 39.5 Å². The molecule has 0 aliphatic carbocycles. The van der Waals surface area contributed by atoms with Gasteiger partial charge >= 0.3 is 0 Å². The van der Waals surface area contributed by atoms with Crippen molar-refractivity contribution in [3.05, 3.63) is 40.1 Å². The van der Waals surface area contributed by atoms with Crippen molar-refractivity contribution in [2.24, 2.45) is 0 Å². The van der Waals surface area contributed by atoms with Gasteiger partial charge in [0.05, 0.1) is 22.5 Å². The molecule has 3 aromatic rings. The topological polar surface area (TPSA) is 60.1 Å². The van der Waals surface area contributed by atoms with E-state index >= 15 is 0 Å². The van der Waals surface area contributed by atoms with E-state index in [0.717, 1.165) is 15.6 Å². The fourth-order valence-corrected chi connectivity index (χ4v) is 3.73. The van der Waals surface area contributed by atoms with Crippen LogP contribution < -0.4 is 5.56 Å². The largest absolute Gasteiger partial charge is 0.393 e. The lowest BCUT2D eigenvalue weighted by Crippen LogP contribution is -2.25. The first-order valence-corrected chi connectivity index (χ1v) is 8.12. The number of hydrogen-bond acceptors (Lipinski definition) is 4. The van der Waals surface area contributed by atoms with Crippen molar-refractivity contribution < 1.29 is 5.11 Å². The Morgan fingerprint density at radius 3 is 3.00 bits per heavy atom. The van der Waals surface area contributed by atoms with Crippen molar-refractivity contribution in [1.82, 2.24) is 14.3 Å². The molecule has 0 saturated heterocycles. The van der Waals surface area contributed by atoms with Crippen molar-refractivity contribution in [2.75, 3.05) is 0 Å². The number of thiophene rings is 1. The SMILES string of the molecule is C=CCn1c2cc(C)sc2c2cnn(CCC(C)O)c(=O)c21.